The van der Waals surface area contributed by atoms with Crippen molar-refractivity contribution in [2.75, 3.05) is 10.6 Å². The highest BCUT2D eigenvalue weighted by atomic mass is 16.5. The van der Waals surface area contributed by atoms with Gasteiger partial charge in [0.25, 0.3) is 5.91 Å². The molecule has 1 aliphatic heterocycles. The van der Waals surface area contributed by atoms with E-state index in [4.69, 9.17) is 4.74 Å². The van der Waals surface area contributed by atoms with Crippen molar-refractivity contribution < 1.29 is 14.3 Å². The van der Waals surface area contributed by atoms with E-state index in [1.165, 1.54) is 19.3 Å². The Labute approximate surface area is 165 Å². The summed E-state index contributed by atoms with van der Waals surface area (Å²) in [7, 11) is 0. The lowest BCUT2D eigenvalue weighted by Gasteiger charge is -2.57. The fourth-order valence-corrected chi connectivity index (χ4v) is 6.25. The van der Waals surface area contributed by atoms with Crippen LogP contribution in [0.2, 0.25) is 0 Å². The molecule has 0 radical (unpaired) electrons. The summed E-state index contributed by atoms with van der Waals surface area (Å²) in [6.45, 7) is 3.62. The Kier molecular flexibility index (Phi) is 4.07. The molecule has 150 valence electrons. The van der Waals surface area contributed by atoms with Gasteiger partial charge in [0.2, 0.25) is 5.91 Å². The van der Waals surface area contributed by atoms with Crippen LogP contribution in [0.5, 0.6) is 5.75 Å². The third kappa shape index (κ3) is 3.12. The molecule has 4 fully saturated rings. The van der Waals surface area contributed by atoms with Gasteiger partial charge in [-0.25, -0.2) is 0 Å². The molecule has 0 aromatic heterocycles. The molecule has 6 heteroatoms. The molecule has 5 aliphatic rings. The molecular formula is C22H29N3O3. The minimum atomic E-state index is -0.490. The van der Waals surface area contributed by atoms with E-state index < -0.39 is 6.10 Å². The van der Waals surface area contributed by atoms with Crippen molar-refractivity contribution in [2.45, 2.75) is 70.1 Å². The van der Waals surface area contributed by atoms with Gasteiger partial charge in [-0.2, -0.15) is 0 Å². The Morgan fingerprint density at radius 2 is 1.82 bits per heavy atom. The van der Waals surface area contributed by atoms with Crippen LogP contribution in [0.3, 0.4) is 0 Å². The number of fused-ring (bicyclic) bond motifs is 1. The molecule has 2 amide bonds. The first-order chi connectivity index (χ1) is 13.4. The molecule has 0 spiro atoms. The lowest BCUT2D eigenvalue weighted by molar-refractivity contribution is -0.127. The summed E-state index contributed by atoms with van der Waals surface area (Å²) >= 11 is 0. The first-order valence-electron chi connectivity index (χ1n) is 10.6. The number of benzene rings is 1. The monoisotopic (exact) mass is 383 g/mol. The van der Waals surface area contributed by atoms with Crippen molar-refractivity contribution >= 4 is 23.2 Å². The number of anilines is 2. The van der Waals surface area contributed by atoms with Crippen LogP contribution in [0.4, 0.5) is 11.4 Å². The minimum Gasteiger partial charge on any atom is -0.479 e. The number of amides is 2. The fourth-order valence-electron chi connectivity index (χ4n) is 6.25. The Balaban J connectivity index is 1.25. The minimum absolute atomic E-state index is 0.0234. The van der Waals surface area contributed by atoms with Gasteiger partial charge in [0.1, 0.15) is 11.8 Å². The molecule has 1 heterocycles. The average Bonchev–Trinajstić information content (AvgIpc) is 2.61. The molecule has 2 atom stereocenters. The highest BCUT2D eigenvalue weighted by molar-refractivity contribution is 5.98. The number of rotatable bonds is 4. The molecule has 4 bridgehead atoms. The third-order valence-corrected chi connectivity index (χ3v) is 7.11. The summed E-state index contributed by atoms with van der Waals surface area (Å²) in [6.07, 6.45) is 7.06. The SMILES string of the molecule is C[C@@H](Nc1ccc2c(c1)NC(=O)[C@@H](C)O2)C(=O)NC12CC3CC(CC(C3)C1)C2. The van der Waals surface area contributed by atoms with E-state index in [9.17, 15) is 9.59 Å². The molecule has 0 saturated heterocycles. The number of carbonyl (C=O) groups is 2. The van der Waals surface area contributed by atoms with Crippen LogP contribution in [0.25, 0.3) is 0 Å². The summed E-state index contributed by atoms with van der Waals surface area (Å²) < 4.78 is 5.59. The van der Waals surface area contributed by atoms with E-state index in [0.717, 1.165) is 42.7 Å². The quantitative estimate of drug-likeness (QED) is 0.745. The van der Waals surface area contributed by atoms with E-state index in [1.807, 2.05) is 25.1 Å². The van der Waals surface area contributed by atoms with E-state index in [2.05, 4.69) is 16.0 Å². The normalized spacial score (nSPS) is 36.1. The van der Waals surface area contributed by atoms with Crippen molar-refractivity contribution in [3.05, 3.63) is 18.2 Å². The van der Waals surface area contributed by atoms with Crippen LogP contribution in [0.1, 0.15) is 52.4 Å². The van der Waals surface area contributed by atoms with Crippen molar-refractivity contribution in [2.24, 2.45) is 17.8 Å². The topological polar surface area (TPSA) is 79.5 Å². The van der Waals surface area contributed by atoms with Crippen molar-refractivity contribution in [1.29, 1.82) is 0 Å². The van der Waals surface area contributed by atoms with Crippen molar-refractivity contribution in [3.63, 3.8) is 0 Å². The van der Waals surface area contributed by atoms with Gasteiger partial charge in [-0.15, -0.1) is 0 Å². The summed E-state index contributed by atoms with van der Waals surface area (Å²) in [4.78, 5) is 24.8. The molecule has 4 aliphatic carbocycles. The second-order valence-electron chi connectivity index (χ2n) is 9.51. The third-order valence-electron chi connectivity index (χ3n) is 7.11. The molecule has 6 rings (SSSR count). The van der Waals surface area contributed by atoms with Crippen LogP contribution in [0.15, 0.2) is 18.2 Å². The zero-order valence-electron chi connectivity index (χ0n) is 16.6. The number of nitrogens with one attached hydrogen (secondary N) is 3. The zero-order chi connectivity index (χ0) is 19.5. The Bertz CT molecular complexity index is 786. The first kappa shape index (κ1) is 17.8. The lowest BCUT2D eigenvalue weighted by Crippen LogP contribution is -2.61. The smallest absolute Gasteiger partial charge is 0.265 e. The second-order valence-corrected chi connectivity index (χ2v) is 9.51. The largest absolute Gasteiger partial charge is 0.479 e. The molecule has 1 aromatic rings. The van der Waals surface area contributed by atoms with Gasteiger partial charge >= 0.3 is 0 Å². The first-order valence-corrected chi connectivity index (χ1v) is 10.6. The van der Waals surface area contributed by atoms with Crippen LogP contribution in [-0.4, -0.2) is 29.5 Å². The van der Waals surface area contributed by atoms with Gasteiger partial charge in [-0.3, -0.25) is 9.59 Å². The Morgan fingerprint density at radius 1 is 1.18 bits per heavy atom. The van der Waals surface area contributed by atoms with Crippen LogP contribution < -0.4 is 20.7 Å². The lowest BCUT2D eigenvalue weighted by atomic mass is 9.53. The summed E-state index contributed by atoms with van der Waals surface area (Å²) in [6, 6.07) is 5.20. The van der Waals surface area contributed by atoms with E-state index in [-0.39, 0.29) is 23.4 Å². The van der Waals surface area contributed by atoms with E-state index in [0.29, 0.717) is 11.4 Å². The van der Waals surface area contributed by atoms with Crippen LogP contribution >= 0.6 is 0 Å². The van der Waals surface area contributed by atoms with Crippen molar-refractivity contribution in [3.8, 4) is 5.75 Å². The van der Waals surface area contributed by atoms with E-state index >= 15 is 0 Å². The second kappa shape index (κ2) is 6.39. The molecule has 0 unspecified atom stereocenters. The van der Waals surface area contributed by atoms with Gasteiger partial charge in [0.15, 0.2) is 6.10 Å². The Hall–Kier alpha value is -2.24. The maximum absolute atomic E-state index is 12.9. The molecule has 1 aromatic carbocycles. The van der Waals surface area contributed by atoms with Crippen LogP contribution in [0, 0.1) is 17.8 Å². The average molecular weight is 383 g/mol. The summed E-state index contributed by atoms with van der Waals surface area (Å²) in [5.41, 5.74) is 1.46. The molecule has 4 saturated carbocycles. The maximum Gasteiger partial charge on any atom is 0.265 e. The number of hydrogen-bond donors (Lipinski definition) is 3. The number of hydrogen-bond acceptors (Lipinski definition) is 4. The van der Waals surface area contributed by atoms with Crippen LogP contribution in [-0.2, 0) is 9.59 Å². The van der Waals surface area contributed by atoms with Gasteiger partial charge < -0.3 is 20.7 Å². The van der Waals surface area contributed by atoms with E-state index in [1.54, 1.807) is 6.92 Å². The highest BCUT2D eigenvalue weighted by Crippen LogP contribution is 2.55. The molecule has 6 nitrogen and oxygen atoms in total. The standard InChI is InChI=1S/C22H29N3O3/c1-12(23-17-3-4-19-18(8-17)24-21(27)13(2)28-19)20(26)25-22-9-14-5-15(10-22)7-16(6-14)11-22/h3-4,8,12-16,23H,5-7,9-11H2,1-2H3,(H,24,27)(H,25,26)/t12-,13-,14?,15?,16?,22?/m1/s1. The molecule has 3 N–H and O–H groups in total. The number of ether oxygens (including phenoxy) is 1. The van der Waals surface area contributed by atoms with Gasteiger partial charge in [0.05, 0.1) is 5.69 Å². The highest BCUT2D eigenvalue weighted by Gasteiger charge is 2.51. The molecule has 28 heavy (non-hydrogen) atoms. The van der Waals surface area contributed by atoms with Gasteiger partial charge in [-0.1, -0.05) is 0 Å². The van der Waals surface area contributed by atoms with Gasteiger partial charge in [-0.05, 0) is 88.3 Å². The Morgan fingerprint density at radius 3 is 2.46 bits per heavy atom. The predicted molar refractivity (Wildman–Crippen MR) is 107 cm³/mol. The summed E-state index contributed by atoms with van der Waals surface area (Å²) in [5.74, 6) is 2.98. The summed E-state index contributed by atoms with van der Waals surface area (Å²) in [5, 5.41) is 9.56. The van der Waals surface area contributed by atoms with Crippen molar-refractivity contribution in [1.82, 2.24) is 5.32 Å². The predicted octanol–water partition coefficient (Wildman–Crippen LogP) is 3.29. The fraction of sp³-hybridized carbons (Fsp3) is 0.636. The molecular weight excluding hydrogens is 354 g/mol. The zero-order valence-corrected chi connectivity index (χ0v) is 16.6. The van der Waals surface area contributed by atoms with Gasteiger partial charge in [0, 0.05) is 11.2 Å². The number of carbonyl (C=O) groups excluding carboxylic acids is 2. The maximum atomic E-state index is 12.9.